The van der Waals surface area contributed by atoms with Crippen molar-refractivity contribution >= 4 is 37.5 Å². The maximum absolute atomic E-state index is 7.69. The normalized spacial score (nSPS) is 41.0. The minimum absolute atomic E-state index is 0.472. The number of alkyl halides is 2. The van der Waals surface area contributed by atoms with Gasteiger partial charge in [0.25, 0.3) is 0 Å². The van der Waals surface area contributed by atoms with Gasteiger partial charge < -0.3 is 0 Å². The molecule has 3 aliphatic heterocycles. The van der Waals surface area contributed by atoms with E-state index in [2.05, 4.69) is 4.90 Å². The van der Waals surface area contributed by atoms with Crippen LogP contribution in [0.4, 0.5) is 0 Å². The number of rotatable bonds is 1. The van der Waals surface area contributed by atoms with E-state index < -0.39 is 17.9 Å². The molecule has 0 aromatic rings. The van der Waals surface area contributed by atoms with Crippen LogP contribution in [0.1, 0.15) is 1.37 Å². The molecule has 82 valence electrons. The third-order valence-corrected chi connectivity index (χ3v) is 9.38. The zero-order valence-corrected chi connectivity index (χ0v) is 11.3. The number of nitrogens with zero attached hydrogens (tertiary/aromatic N) is 1. The van der Waals surface area contributed by atoms with Crippen LogP contribution in [0.15, 0.2) is 0 Å². The zero-order valence-electron chi connectivity index (χ0n) is 8.67. The Morgan fingerprint density at radius 2 is 1.50 bits per heavy atom. The third-order valence-electron chi connectivity index (χ3n) is 2.33. The molecule has 0 aromatic carbocycles. The van der Waals surface area contributed by atoms with Crippen LogP contribution in [0.3, 0.4) is 0 Å². The van der Waals surface area contributed by atoms with E-state index in [1.807, 2.05) is 0 Å². The first-order chi connectivity index (χ1) is 7.04. The average molecular weight is 304 g/mol. The predicted octanol–water partition coefficient (Wildman–Crippen LogP) is 0.647. The van der Waals surface area contributed by atoms with Gasteiger partial charge >= 0.3 is 98.1 Å². The molecule has 3 aliphatic rings. The van der Waals surface area contributed by atoms with Crippen LogP contribution in [-0.2, 0) is 11.3 Å². The van der Waals surface area contributed by atoms with Gasteiger partial charge in [-0.05, 0) is 0 Å². The monoisotopic (exact) mass is 304 g/mol. The Hall–Kier alpha value is 0.963. The second-order valence-electron chi connectivity index (χ2n) is 3.20. The summed E-state index contributed by atoms with van der Waals surface area (Å²) in [6.45, 7) is 3.89. The van der Waals surface area contributed by atoms with Crippen LogP contribution in [0.5, 0.6) is 0 Å². The second kappa shape index (κ2) is 4.86. The van der Waals surface area contributed by atoms with E-state index in [0.717, 1.165) is 19.6 Å². The Kier molecular flexibility index (Phi) is 3.52. The van der Waals surface area contributed by atoms with E-state index in [4.69, 9.17) is 35.9 Å². The first-order valence-electron chi connectivity index (χ1n) is 5.06. The van der Waals surface area contributed by atoms with Crippen molar-refractivity contribution in [2.24, 2.45) is 0 Å². The number of halogens is 2. The Labute approximate surface area is 98.2 Å². The molecule has 7 heteroatoms. The van der Waals surface area contributed by atoms with E-state index >= 15 is 0 Å². The fourth-order valence-electron chi connectivity index (χ4n) is 1.55. The summed E-state index contributed by atoms with van der Waals surface area (Å²) in [4.78, 5) is 2.19. The first-order valence-corrected chi connectivity index (χ1v) is 8.93. The summed E-state index contributed by atoms with van der Waals surface area (Å²) >= 11 is 7.81. The molecule has 3 saturated heterocycles. The summed E-state index contributed by atoms with van der Waals surface area (Å²) in [6.07, 6.45) is 0. The van der Waals surface area contributed by atoms with Crippen LogP contribution in [-0.4, -0.2) is 62.3 Å². The van der Waals surface area contributed by atoms with E-state index in [1.54, 1.807) is 0 Å². The van der Waals surface area contributed by atoms with Crippen LogP contribution in [0.2, 0.25) is 0 Å². The van der Waals surface area contributed by atoms with Gasteiger partial charge in [0.1, 0.15) is 0 Å². The minimum atomic E-state index is -3.82. The van der Waals surface area contributed by atoms with Gasteiger partial charge in [0.05, 0.1) is 0 Å². The molecule has 3 fully saturated rings. The van der Waals surface area contributed by atoms with E-state index in [1.165, 1.54) is 0 Å². The summed E-state index contributed by atoms with van der Waals surface area (Å²) < 4.78 is 22.6. The fourth-order valence-corrected chi connectivity index (χ4v) is 6.73. The number of hydrogen-bond donors (Lipinski definition) is 0. The average Bonchev–Trinajstić information content (AvgIpc) is 1.96. The summed E-state index contributed by atoms with van der Waals surface area (Å²) in [5.41, 5.74) is 0. The molecule has 0 N–H and O–H groups in total. The Balaban J connectivity index is 2.19. The van der Waals surface area contributed by atoms with Gasteiger partial charge in [0.15, 0.2) is 0 Å². The SMILES string of the molecule is [2H][C](Cl)(Cl)[Ge]12[O]CCN(CC[O]1)CC[O]2. The van der Waals surface area contributed by atoms with Crippen molar-refractivity contribution < 1.29 is 12.7 Å². The van der Waals surface area contributed by atoms with Gasteiger partial charge in [0, 0.05) is 0 Å². The van der Waals surface area contributed by atoms with E-state index in [9.17, 15) is 0 Å². The zero-order chi connectivity index (χ0) is 10.9. The molecule has 0 unspecified atom stereocenters. The third kappa shape index (κ3) is 2.37. The van der Waals surface area contributed by atoms with Crippen molar-refractivity contribution in [2.75, 3.05) is 39.5 Å². The number of hydrogen-bond acceptors (Lipinski definition) is 4. The van der Waals surface area contributed by atoms with Crippen molar-refractivity contribution in [1.29, 1.82) is 0 Å². The summed E-state index contributed by atoms with van der Waals surface area (Å²) in [5, 5.41) is 0. The van der Waals surface area contributed by atoms with E-state index in [0.29, 0.717) is 19.8 Å². The molecule has 2 bridgehead atoms. The molecule has 0 amide bonds. The number of fused-ring (bicyclic) bond motifs is 6. The fraction of sp³-hybridized carbons (Fsp3) is 1.00. The van der Waals surface area contributed by atoms with Crippen molar-refractivity contribution in [3.05, 3.63) is 0 Å². The van der Waals surface area contributed by atoms with Crippen LogP contribution < -0.4 is 0 Å². The molecule has 0 aliphatic carbocycles. The Bertz CT molecular complexity index is 214. The van der Waals surface area contributed by atoms with Crippen molar-refractivity contribution in [3.8, 4) is 0 Å². The van der Waals surface area contributed by atoms with Gasteiger partial charge in [-0.1, -0.05) is 0 Å². The van der Waals surface area contributed by atoms with Gasteiger partial charge in [-0.25, -0.2) is 0 Å². The molecule has 0 aromatic heterocycles. The molecule has 0 atom stereocenters. The topological polar surface area (TPSA) is 30.9 Å². The molecule has 14 heavy (non-hydrogen) atoms. The Morgan fingerprint density at radius 1 is 1.07 bits per heavy atom. The van der Waals surface area contributed by atoms with Gasteiger partial charge in [0.2, 0.25) is 0 Å². The second-order valence-corrected chi connectivity index (χ2v) is 10.7. The molecular weight excluding hydrogens is 290 g/mol. The van der Waals surface area contributed by atoms with E-state index in [-0.39, 0.29) is 0 Å². The molecule has 3 heterocycles. The maximum atomic E-state index is 7.69. The first kappa shape index (κ1) is 10.1. The van der Waals surface area contributed by atoms with Crippen LogP contribution in [0, 0.1) is 0 Å². The van der Waals surface area contributed by atoms with Crippen LogP contribution in [0.25, 0.3) is 0 Å². The van der Waals surface area contributed by atoms with Gasteiger partial charge in [-0.3, -0.25) is 0 Å². The molecule has 0 spiro atoms. The molecule has 4 nitrogen and oxygen atoms in total. The molecule has 0 radical (unpaired) electrons. The summed E-state index contributed by atoms with van der Waals surface area (Å²) in [6, 6.07) is 0. The predicted molar refractivity (Wildman–Crippen MR) is 55.5 cm³/mol. The van der Waals surface area contributed by atoms with Crippen molar-refractivity contribution in [2.45, 2.75) is 3.64 Å². The van der Waals surface area contributed by atoms with Gasteiger partial charge in [-0.15, -0.1) is 0 Å². The summed E-state index contributed by atoms with van der Waals surface area (Å²) in [7, 11) is 0. The van der Waals surface area contributed by atoms with Gasteiger partial charge in [-0.2, -0.15) is 0 Å². The molecular formula is C7H13Cl2GeNO3. The van der Waals surface area contributed by atoms with Crippen molar-refractivity contribution in [3.63, 3.8) is 0 Å². The Morgan fingerprint density at radius 3 is 1.86 bits per heavy atom. The summed E-state index contributed by atoms with van der Waals surface area (Å²) in [5.74, 6) is 0. The van der Waals surface area contributed by atoms with Crippen LogP contribution >= 0.6 is 23.2 Å². The quantitative estimate of drug-likeness (QED) is 0.526. The molecule has 3 rings (SSSR count). The standard InChI is InChI=1S/C7H13Cl2GeNO3/c8-7(9)10-12-4-1-11(2-5-13-10)3-6-14-10/h7H,1-6H2/i7D. The molecule has 0 saturated carbocycles. The van der Waals surface area contributed by atoms with Crippen molar-refractivity contribution in [1.82, 2.24) is 4.90 Å².